The molecule has 0 spiro atoms. The highest BCUT2D eigenvalue weighted by molar-refractivity contribution is 14.1. The van der Waals surface area contributed by atoms with E-state index >= 15 is 0 Å². The molecule has 1 aliphatic rings. The van der Waals surface area contributed by atoms with Gasteiger partial charge in [-0.15, -0.1) is 11.3 Å². The van der Waals surface area contributed by atoms with Crippen LogP contribution >= 0.6 is 33.9 Å². The zero-order chi connectivity index (χ0) is 23.2. The molecule has 0 aliphatic heterocycles. The monoisotopic (exact) mass is 565 g/mol. The number of carbonyl (C=O) groups is 1. The number of halogens is 1. The Balaban J connectivity index is 1.43. The molecule has 1 amide bonds. The number of aryl methyl sites for hydroxylation is 1. The molecule has 1 aliphatic carbocycles. The predicted octanol–water partition coefficient (Wildman–Crippen LogP) is 6.23. The molecule has 33 heavy (non-hydrogen) atoms. The second kappa shape index (κ2) is 10.7. The minimum absolute atomic E-state index is 0.0159. The van der Waals surface area contributed by atoms with Gasteiger partial charge in [0.15, 0.2) is 0 Å². The van der Waals surface area contributed by atoms with Gasteiger partial charge in [-0.1, -0.05) is 24.3 Å². The Hall–Kier alpha value is -3.14. The summed E-state index contributed by atoms with van der Waals surface area (Å²) in [6.07, 6.45) is 5.49. The van der Waals surface area contributed by atoms with Gasteiger partial charge < -0.3 is 10.1 Å². The number of nitriles is 2. The smallest absolute Gasteiger partial charge is 0.266 e. The Morgan fingerprint density at radius 1 is 1.09 bits per heavy atom. The maximum Gasteiger partial charge on any atom is 0.266 e. The molecule has 0 unspecified atom stereocenters. The van der Waals surface area contributed by atoms with Crippen molar-refractivity contribution in [2.45, 2.75) is 32.3 Å². The molecule has 5 nitrogen and oxygen atoms in total. The summed E-state index contributed by atoms with van der Waals surface area (Å²) in [4.78, 5) is 13.9. The van der Waals surface area contributed by atoms with Crippen molar-refractivity contribution in [3.8, 4) is 17.9 Å². The second-order valence-electron chi connectivity index (χ2n) is 7.63. The van der Waals surface area contributed by atoms with E-state index in [0.717, 1.165) is 41.7 Å². The number of amides is 1. The van der Waals surface area contributed by atoms with Gasteiger partial charge in [0.05, 0.1) is 5.56 Å². The number of ether oxygens (including phenoxy) is 1. The van der Waals surface area contributed by atoms with Gasteiger partial charge in [0, 0.05) is 8.45 Å². The van der Waals surface area contributed by atoms with E-state index in [0.29, 0.717) is 28.5 Å². The van der Waals surface area contributed by atoms with Crippen LogP contribution in [0.5, 0.6) is 5.75 Å². The summed E-state index contributed by atoms with van der Waals surface area (Å²) in [7, 11) is 0. The van der Waals surface area contributed by atoms with Crippen molar-refractivity contribution in [2.24, 2.45) is 0 Å². The van der Waals surface area contributed by atoms with Crippen molar-refractivity contribution in [3.63, 3.8) is 0 Å². The first-order valence-electron chi connectivity index (χ1n) is 10.5. The van der Waals surface area contributed by atoms with Crippen LogP contribution in [0.2, 0.25) is 0 Å². The molecule has 0 atom stereocenters. The first-order valence-corrected chi connectivity index (χ1v) is 12.4. The Morgan fingerprint density at radius 3 is 2.52 bits per heavy atom. The number of carbonyl (C=O) groups excluding carboxylic acids is 1. The molecule has 1 aromatic heterocycles. The van der Waals surface area contributed by atoms with Crippen LogP contribution in [-0.4, -0.2) is 5.91 Å². The Labute approximate surface area is 210 Å². The third-order valence-corrected chi connectivity index (χ3v) is 7.31. The SMILES string of the molecule is N#C/C(=C\c1ccc(OCc2ccc(I)cc2)cc1)C(=O)Nc1sc2c(c1C#N)CCCC2. The highest BCUT2D eigenvalue weighted by atomic mass is 127. The van der Waals surface area contributed by atoms with Gasteiger partial charge in [-0.2, -0.15) is 10.5 Å². The van der Waals surface area contributed by atoms with Crippen molar-refractivity contribution in [1.29, 1.82) is 10.5 Å². The largest absolute Gasteiger partial charge is 0.489 e. The van der Waals surface area contributed by atoms with Crippen LogP contribution in [0.3, 0.4) is 0 Å². The highest BCUT2D eigenvalue weighted by Gasteiger charge is 2.22. The molecule has 0 fully saturated rings. The van der Waals surface area contributed by atoms with E-state index in [9.17, 15) is 15.3 Å². The lowest BCUT2D eigenvalue weighted by atomic mass is 9.96. The normalized spacial score (nSPS) is 12.9. The molecule has 0 saturated carbocycles. The maximum atomic E-state index is 12.7. The average molecular weight is 565 g/mol. The van der Waals surface area contributed by atoms with Crippen molar-refractivity contribution < 1.29 is 9.53 Å². The molecule has 1 heterocycles. The fourth-order valence-electron chi connectivity index (χ4n) is 3.67. The Bertz CT molecular complexity index is 1280. The Morgan fingerprint density at radius 2 is 1.82 bits per heavy atom. The van der Waals surface area contributed by atoms with Gasteiger partial charge in [-0.05, 0) is 95.3 Å². The van der Waals surface area contributed by atoms with Crippen molar-refractivity contribution in [1.82, 2.24) is 0 Å². The number of nitrogens with zero attached hydrogens (tertiary/aromatic N) is 2. The zero-order valence-electron chi connectivity index (χ0n) is 17.7. The number of hydrogen-bond acceptors (Lipinski definition) is 5. The Kier molecular flexibility index (Phi) is 7.43. The standard InChI is InChI=1S/C26H20IN3O2S/c27-20-9-5-18(6-10-20)16-32-21-11-7-17(8-12-21)13-19(14-28)25(31)30-26-23(15-29)22-3-1-2-4-24(22)33-26/h5-13H,1-4,16H2,(H,30,31)/b19-13+. The number of thiophene rings is 1. The highest BCUT2D eigenvalue weighted by Crippen LogP contribution is 2.37. The number of rotatable bonds is 6. The number of hydrogen-bond donors (Lipinski definition) is 1. The number of nitrogens with one attached hydrogen (secondary N) is 1. The summed E-state index contributed by atoms with van der Waals surface area (Å²) in [5.41, 5.74) is 3.37. The minimum Gasteiger partial charge on any atom is -0.489 e. The van der Waals surface area contributed by atoms with Crippen LogP contribution in [0.15, 0.2) is 54.1 Å². The van der Waals surface area contributed by atoms with E-state index in [-0.39, 0.29) is 5.57 Å². The van der Waals surface area contributed by atoms with E-state index in [1.165, 1.54) is 21.0 Å². The third kappa shape index (κ3) is 5.62. The van der Waals surface area contributed by atoms with Crippen molar-refractivity contribution in [2.75, 3.05) is 5.32 Å². The first-order chi connectivity index (χ1) is 16.1. The number of anilines is 1. The van der Waals surface area contributed by atoms with Gasteiger partial charge in [0.25, 0.3) is 5.91 Å². The summed E-state index contributed by atoms with van der Waals surface area (Å²) in [6, 6.07) is 19.6. The maximum absolute atomic E-state index is 12.7. The quantitative estimate of drug-likeness (QED) is 0.218. The fraction of sp³-hybridized carbons (Fsp3) is 0.192. The molecule has 2 aromatic carbocycles. The lowest BCUT2D eigenvalue weighted by Gasteiger charge is -2.09. The van der Waals surface area contributed by atoms with E-state index in [4.69, 9.17) is 4.74 Å². The van der Waals surface area contributed by atoms with Gasteiger partial charge in [-0.3, -0.25) is 4.79 Å². The molecule has 1 N–H and O–H groups in total. The summed E-state index contributed by atoms with van der Waals surface area (Å²) >= 11 is 3.71. The van der Waals surface area contributed by atoms with Crippen LogP contribution in [0.1, 0.15) is 40.0 Å². The first kappa shape index (κ1) is 23.0. The van der Waals surface area contributed by atoms with Crippen LogP contribution in [-0.2, 0) is 24.2 Å². The molecule has 0 bridgehead atoms. The van der Waals surface area contributed by atoms with Gasteiger partial charge in [0.1, 0.15) is 35.1 Å². The van der Waals surface area contributed by atoms with E-state index in [1.54, 1.807) is 12.1 Å². The van der Waals surface area contributed by atoms with Gasteiger partial charge in [0.2, 0.25) is 0 Å². The number of fused-ring (bicyclic) bond motifs is 1. The number of benzene rings is 2. The van der Waals surface area contributed by atoms with Crippen molar-refractivity contribution in [3.05, 3.63) is 84.8 Å². The second-order valence-corrected chi connectivity index (χ2v) is 9.99. The van der Waals surface area contributed by atoms with E-state index in [1.807, 2.05) is 42.5 Å². The third-order valence-electron chi connectivity index (χ3n) is 5.39. The fourth-order valence-corrected chi connectivity index (χ4v) is 5.26. The van der Waals surface area contributed by atoms with Crippen LogP contribution in [0.25, 0.3) is 6.08 Å². The zero-order valence-corrected chi connectivity index (χ0v) is 20.7. The van der Waals surface area contributed by atoms with Crippen LogP contribution in [0.4, 0.5) is 5.00 Å². The lowest BCUT2D eigenvalue weighted by molar-refractivity contribution is -0.112. The van der Waals surface area contributed by atoms with E-state index in [2.05, 4.69) is 34.0 Å². The lowest BCUT2D eigenvalue weighted by Crippen LogP contribution is -2.13. The molecule has 4 rings (SSSR count). The summed E-state index contributed by atoms with van der Waals surface area (Å²) < 4.78 is 6.99. The summed E-state index contributed by atoms with van der Waals surface area (Å²) in [6.45, 7) is 0.462. The molecule has 3 aromatic rings. The van der Waals surface area contributed by atoms with Crippen molar-refractivity contribution >= 4 is 50.9 Å². The average Bonchev–Trinajstić information content (AvgIpc) is 3.19. The molecular formula is C26H20IN3O2S. The molecule has 164 valence electrons. The van der Waals surface area contributed by atoms with Crippen LogP contribution in [0, 0.1) is 26.2 Å². The molecule has 0 radical (unpaired) electrons. The molecule has 7 heteroatoms. The van der Waals surface area contributed by atoms with Gasteiger partial charge >= 0.3 is 0 Å². The van der Waals surface area contributed by atoms with Crippen LogP contribution < -0.4 is 10.1 Å². The predicted molar refractivity (Wildman–Crippen MR) is 138 cm³/mol. The molecular weight excluding hydrogens is 545 g/mol. The van der Waals surface area contributed by atoms with Gasteiger partial charge in [-0.25, -0.2) is 0 Å². The van der Waals surface area contributed by atoms with E-state index < -0.39 is 5.91 Å². The minimum atomic E-state index is -0.508. The topological polar surface area (TPSA) is 85.9 Å². The summed E-state index contributed by atoms with van der Waals surface area (Å²) in [5, 5.41) is 22.4. The summed E-state index contributed by atoms with van der Waals surface area (Å²) in [5.74, 6) is 0.197. The molecule has 0 saturated heterocycles.